The lowest BCUT2D eigenvalue weighted by Crippen LogP contribution is -2.53. The SMILES string of the molecule is c1ccc(B2N(c3ccccc3)c3ccc(-c4ccc5c(c4)N(c4ccc(-c6ncccn6)cc4)B(c4ccccc4)N5c4ccc(-c5ncccn5)cc4)cc3N2c2ccccc2)cc1. The van der Waals surface area contributed by atoms with E-state index in [4.69, 9.17) is 0 Å². The molecule has 66 heavy (non-hydrogen) atoms. The van der Waals surface area contributed by atoms with E-state index in [-0.39, 0.29) is 14.0 Å². The molecule has 2 aromatic heterocycles. The maximum absolute atomic E-state index is 4.55. The first-order chi connectivity index (χ1) is 32.8. The number of rotatable bonds is 9. The first-order valence-corrected chi connectivity index (χ1v) is 22.2. The van der Waals surface area contributed by atoms with Crippen molar-refractivity contribution in [1.29, 1.82) is 0 Å². The molecule has 2 aliphatic rings. The molecule has 8 aromatic carbocycles. The molecular formula is C56H40B2N8. The molecule has 2 aliphatic heterocycles. The van der Waals surface area contributed by atoms with Gasteiger partial charge in [-0.15, -0.1) is 0 Å². The first kappa shape index (κ1) is 38.9. The van der Waals surface area contributed by atoms with E-state index in [1.165, 1.54) is 5.46 Å². The fourth-order valence-electron chi connectivity index (χ4n) is 9.54. The monoisotopic (exact) mass is 846 g/mol. The smallest absolute Gasteiger partial charge is 0.360 e. The summed E-state index contributed by atoms with van der Waals surface area (Å²) >= 11 is 0. The van der Waals surface area contributed by atoms with Crippen LogP contribution in [0.1, 0.15) is 0 Å². The van der Waals surface area contributed by atoms with Crippen molar-refractivity contribution >= 4 is 70.4 Å². The number of nitrogens with zero attached hydrogens (tertiary/aromatic N) is 8. The van der Waals surface area contributed by atoms with E-state index >= 15 is 0 Å². The maximum atomic E-state index is 4.55. The minimum atomic E-state index is -0.214. The van der Waals surface area contributed by atoms with Crippen LogP contribution in [0.5, 0.6) is 0 Å². The van der Waals surface area contributed by atoms with Crippen LogP contribution >= 0.6 is 0 Å². The van der Waals surface area contributed by atoms with Gasteiger partial charge in [0, 0.05) is 58.7 Å². The van der Waals surface area contributed by atoms with Crippen LogP contribution in [0.25, 0.3) is 33.9 Å². The van der Waals surface area contributed by atoms with Gasteiger partial charge in [0.05, 0.1) is 22.7 Å². The molecule has 10 aromatic rings. The minimum Gasteiger partial charge on any atom is -0.360 e. The van der Waals surface area contributed by atoms with Gasteiger partial charge in [-0.1, -0.05) is 109 Å². The quantitative estimate of drug-likeness (QED) is 0.133. The Bertz CT molecular complexity index is 3260. The Labute approximate surface area is 385 Å². The lowest BCUT2D eigenvalue weighted by atomic mass is 9.64. The molecule has 10 heteroatoms. The maximum Gasteiger partial charge on any atom is 0.420 e. The van der Waals surface area contributed by atoms with Gasteiger partial charge in [-0.05, 0) is 131 Å². The van der Waals surface area contributed by atoms with Crippen molar-refractivity contribution in [3.8, 4) is 33.9 Å². The van der Waals surface area contributed by atoms with Crippen LogP contribution in [0.3, 0.4) is 0 Å². The number of anilines is 8. The van der Waals surface area contributed by atoms with E-state index in [2.05, 4.69) is 245 Å². The van der Waals surface area contributed by atoms with E-state index in [0.29, 0.717) is 11.6 Å². The van der Waals surface area contributed by atoms with Gasteiger partial charge in [0.2, 0.25) is 0 Å². The molecule has 8 nitrogen and oxygen atoms in total. The second-order valence-electron chi connectivity index (χ2n) is 16.4. The van der Waals surface area contributed by atoms with Crippen LogP contribution < -0.4 is 30.2 Å². The molecule has 0 atom stereocenters. The van der Waals surface area contributed by atoms with Gasteiger partial charge < -0.3 is 19.2 Å². The topological polar surface area (TPSA) is 64.5 Å². The minimum absolute atomic E-state index is 0.110. The van der Waals surface area contributed by atoms with E-state index < -0.39 is 0 Å². The highest BCUT2D eigenvalue weighted by atomic mass is 15.3. The number of fused-ring (bicyclic) bond motifs is 2. The number of aromatic nitrogens is 4. The number of hydrogen-bond acceptors (Lipinski definition) is 8. The summed E-state index contributed by atoms with van der Waals surface area (Å²) in [5.41, 5.74) is 15.3. The predicted molar refractivity (Wildman–Crippen MR) is 272 cm³/mol. The summed E-state index contributed by atoms with van der Waals surface area (Å²) < 4.78 is 0. The number of hydrogen-bond donors (Lipinski definition) is 0. The molecule has 0 amide bonds. The Hall–Kier alpha value is -8.75. The Morgan fingerprint density at radius 2 is 0.561 bits per heavy atom. The van der Waals surface area contributed by atoms with Crippen molar-refractivity contribution < 1.29 is 0 Å². The second-order valence-corrected chi connectivity index (χ2v) is 16.4. The molecule has 0 unspecified atom stereocenters. The first-order valence-electron chi connectivity index (χ1n) is 22.2. The highest BCUT2D eigenvalue weighted by Crippen LogP contribution is 2.51. The average molecular weight is 847 g/mol. The van der Waals surface area contributed by atoms with Crippen molar-refractivity contribution in [3.05, 3.63) is 243 Å². The van der Waals surface area contributed by atoms with Crippen LogP contribution in [0.2, 0.25) is 0 Å². The Morgan fingerprint density at radius 1 is 0.258 bits per heavy atom. The lowest BCUT2D eigenvalue weighted by molar-refractivity contribution is 1.18. The van der Waals surface area contributed by atoms with Crippen molar-refractivity contribution in [3.63, 3.8) is 0 Å². The Morgan fingerprint density at radius 3 is 0.924 bits per heavy atom. The standard InChI is InChI=1S/C56H40B2N8/c1-5-15-45(16-6-1)57-63(47-19-9-3-10-20-47)51-33-27-43(39-53(51)65(57)48-21-11-4-12-22-48)44-28-34-52-54(40-44)66(50-31-25-42(26-32-50)56-61-37-14-38-62-56)58(46-17-7-2-8-18-46)64(52)49-29-23-41(24-30-49)55-59-35-13-36-60-55/h1-40H. The van der Waals surface area contributed by atoms with Gasteiger partial charge in [-0.25, -0.2) is 19.9 Å². The third-order valence-corrected chi connectivity index (χ3v) is 12.5. The third-order valence-electron chi connectivity index (χ3n) is 12.5. The summed E-state index contributed by atoms with van der Waals surface area (Å²) in [6, 6.07) is 77.8. The zero-order valence-electron chi connectivity index (χ0n) is 35.8. The summed E-state index contributed by atoms with van der Waals surface area (Å²) in [6.07, 6.45) is 7.13. The molecule has 0 saturated carbocycles. The highest BCUT2D eigenvalue weighted by molar-refractivity contribution is 6.85. The van der Waals surface area contributed by atoms with Crippen molar-refractivity contribution in [2.75, 3.05) is 19.2 Å². The van der Waals surface area contributed by atoms with Gasteiger partial charge in [0.1, 0.15) is 0 Å². The molecule has 12 rings (SSSR count). The van der Waals surface area contributed by atoms with Gasteiger partial charge in [-0.2, -0.15) is 0 Å². The largest absolute Gasteiger partial charge is 0.420 e. The van der Waals surface area contributed by atoms with Gasteiger partial charge in [-0.3, -0.25) is 0 Å². The molecule has 0 radical (unpaired) electrons. The Kier molecular flexibility index (Phi) is 9.87. The summed E-state index contributed by atoms with van der Waals surface area (Å²) in [5, 5.41) is 0. The number of para-hydroxylation sites is 2. The lowest BCUT2D eigenvalue weighted by Gasteiger charge is -2.30. The highest BCUT2D eigenvalue weighted by Gasteiger charge is 2.45. The van der Waals surface area contributed by atoms with Crippen molar-refractivity contribution in [1.82, 2.24) is 19.9 Å². The summed E-state index contributed by atoms with van der Waals surface area (Å²) in [6.45, 7) is -0.324. The van der Waals surface area contributed by atoms with E-state index in [1.54, 1.807) is 24.8 Å². The fraction of sp³-hybridized carbons (Fsp3) is 0. The zero-order chi connectivity index (χ0) is 43.8. The molecule has 0 saturated heterocycles. The average Bonchev–Trinajstić information content (AvgIpc) is 3.93. The predicted octanol–water partition coefficient (Wildman–Crippen LogP) is 11.6. The van der Waals surface area contributed by atoms with Crippen molar-refractivity contribution in [2.24, 2.45) is 0 Å². The van der Waals surface area contributed by atoms with Gasteiger partial charge >= 0.3 is 14.0 Å². The third kappa shape index (κ3) is 6.92. The molecule has 0 aliphatic carbocycles. The second kappa shape index (κ2) is 16.7. The van der Waals surface area contributed by atoms with Crippen LogP contribution in [0.15, 0.2) is 243 Å². The van der Waals surface area contributed by atoms with Crippen LogP contribution in [0, 0.1) is 0 Å². The molecule has 310 valence electrons. The number of benzene rings is 8. The van der Waals surface area contributed by atoms with E-state index in [0.717, 1.165) is 73.2 Å². The van der Waals surface area contributed by atoms with E-state index in [1.807, 2.05) is 12.1 Å². The molecule has 4 heterocycles. The summed E-state index contributed by atoms with van der Waals surface area (Å²) in [5.74, 6) is 1.39. The van der Waals surface area contributed by atoms with Crippen LogP contribution in [-0.4, -0.2) is 33.9 Å². The molecule has 0 bridgehead atoms. The van der Waals surface area contributed by atoms with Crippen LogP contribution in [-0.2, 0) is 0 Å². The normalized spacial score (nSPS) is 13.0. The summed E-state index contributed by atoms with van der Waals surface area (Å²) in [4.78, 5) is 28.0. The van der Waals surface area contributed by atoms with E-state index in [9.17, 15) is 0 Å². The molecular weight excluding hydrogens is 806 g/mol. The van der Waals surface area contributed by atoms with Crippen molar-refractivity contribution in [2.45, 2.75) is 0 Å². The van der Waals surface area contributed by atoms with Gasteiger partial charge in [0.15, 0.2) is 11.6 Å². The molecule has 0 spiro atoms. The van der Waals surface area contributed by atoms with Gasteiger partial charge in [0.25, 0.3) is 0 Å². The molecule has 0 fully saturated rings. The zero-order valence-corrected chi connectivity index (χ0v) is 35.8. The Balaban J connectivity index is 1.03. The summed E-state index contributed by atoms with van der Waals surface area (Å²) in [7, 11) is 0. The molecule has 0 N–H and O–H groups in total. The van der Waals surface area contributed by atoms with Crippen LogP contribution in [0.4, 0.5) is 45.5 Å². The fourth-order valence-corrected chi connectivity index (χ4v) is 9.54.